The van der Waals surface area contributed by atoms with Crippen LogP contribution >= 0.6 is 0 Å². The molecule has 0 saturated carbocycles. The lowest BCUT2D eigenvalue weighted by molar-refractivity contribution is -0.124. The van der Waals surface area contributed by atoms with E-state index in [1.165, 1.54) is 6.07 Å². The molecule has 0 aliphatic heterocycles. The minimum absolute atomic E-state index is 0.0880. The Morgan fingerprint density at radius 3 is 2.50 bits per heavy atom. The fraction of sp³-hybridized carbons (Fsp3) is 0.467. The van der Waals surface area contributed by atoms with Crippen molar-refractivity contribution >= 4 is 11.9 Å². The molecule has 5 nitrogen and oxygen atoms in total. The summed E-state index contributed by atoms with van der Waals surface area (Å²) < 4.78 is 5.37. The van der Waals surface area contributed by atoms with Crippen molar-refractivity contribution in [3.63, 3.8) is 0 Å². The van der Waals surface area contributed by atoms with Crippen molar-refractivity contribution in [3.05, 3.63) is 29.3 Å². The first-order chi connectivity index (χ1) is 9.25. The zero-order chi connectivity index (χ0) is 15.3. The molecule has 0 spiro atoms. The molecule has 0 saturated heterocycles. The molecule has 1 amide bonds. The van der Waals surface area contributed by atoms with Crippen LogP contribution in [0.3, 0.4) is 0 Å². The number of nitrogens with one attached hydrogen (secondary N) is 1. The molecule has 1 aromatic carbocycles. The lowest BCUT2D eigenvalue weighted by atomic mass is 10.0. The first-order valence-corrected chi connectivity index (χ1v) is 6.53. The zero-order valence-electron chi connectivity index (χ0n) is 12.3. The van der Waals surface area contributed by atoms with Crippen LogP contribution in [-0.2, 0) is 4.79 Å². The number of amides is 1. The summed E-state index contributed by atoms with van der Waals surface area (Å²) in [4.78, 5) is 22.6. The Morgan fingerprint density at radius 2 is 2.00 bits per heavy atom. The van der Waals surface area contributed by atoms with Crippen LogP contribution in [0.2, 0.25) is 0 Å². The highest BCUT2D eigenvalue weighted by atomic mass is 16.5. The number of carbonyl (C=O) groups is 2. The van der Waals surface area contributed by atoms with E-state index in [9.17, 15) is 9.59 Å². The van der Waals surface area contributed by atoms with Crippen LogP contribution in [0.5, 0.6) is 5.75 Å². The maximum absolute atomic E-state index is 11.7. The predicted molar refractivity (Wildman–Crippen MR) is 76.1 cm³/mol. The summed E-state index contributed by atoms with van der Waals surface area (Å²) in [5.41, 5.74) is 0.571. The molecule has 0 aromatic heterocycles. The molecule has 0 atom stereocenters. The number of hydrogen-bond acceptors (Lipinski definition) is 3. The van der Waals surface area contributed by atoms with Gasteiger partial charge in [0.15, 0.2) is 6.61 Å². The molecule has 1 rings (SSSR count). The minimum Gasteiger partial charge on any atom is -0.484 e. The third kappa shape index (κ3) is 4.57. The quantitative estimate of drug-likeness (QED) is 0.838. The lowest BCUT2D eigenvalue weighted by Crippen LogP contribution is -2.44. The van der Waals surface area contributed by atoms with Gasteiger partial charge in [0, 0.05) is 5.54 Å². The fourth-order valence-corrected chi connectivity index (χ4v) is 1.62. The molecule has 1 aromatic rings. The fourth-order valence-electron chi connectivity index (χ4n) is 1.62. The Labute approximate surface area is 118 Å². The second-order valence-corrected chi connectivity index (χ2v) is 5.36. The number of benzene rings is 1. The van der Waals surface area contributed by atoms with E-state index >= 15 is 0 Å². The molecular weight excluding hydrogens is 258 g/mol. The van der Waals surface area contributed by atoms with E-state index < -0.39 is 5.97 Å². The number of carboxylic acid groups (broad SMARTS) is 1. The van der Waals surface area contributed by atoms with E-state index in [-0.39, 0.29) is 23.6 Å². The average Bonchev–Trinajstić information content (AvgIpc) is 2.35. The number of aromatic carboxylic acids is 1. The van der Waals surface area contributed by atoms with Crippen LogP contribution in [0.4, 0.5) is 0 Å². The molecule has 0 unspecified atom stereocenters. The number of rotatable bonds is 6. The average molecular weight is 279 g/mol. The highest BCUT2D eigenvalue weighted by molar-refractivity contribution is 5.89. The normalized spacial score (nSPS) is 11.0. The van der Waals surface area contributed by atoms with Gasteiger partial charge in [0.25, 0.3) is 5.91 Å². The summed E-state index contributed by atoms with van der Waals surface area (Å²) in [5.74, 6) is -0.690. The van der Waals surface area contributed by atoms with Gasteiger partial charge in [-0.25, -0.2) is 4.79 Å². The van der Waals surface area contributed by atoms with Crippen LogP contribution in [0, 0.1) is 6.92 Å². The highest BCUT2D eigenvalue weighted by Crippen LogP contribution is 2.17. The molecule has 0 aliphatic rings. The molecule has 0 fully saturated rings. The van der Waals surface area contributed by atoms with Gasteiger partial charge >= 0.3 is 5.97 Å². The molecule has 0 radical (unpaired) electrons. The van der Waals surface area contributed by atoms with E-state index in [1.807, 2.05) is 20.8 Å². The summed E-state index contributed by atoms with van der Waals surface area (Å²) in [5, 5.41) is 11.8. The summed E-state index contributed by atoms with van der Waals surface area (Å²) in [6.45, 7) is 7.48. The summed E-state index contributed by atoms with van der Waals surface area (Å²) >= 11 is 0. The predicted octanol–water partition coefficient (Wildman–Crippen LogP) is 2.38. The third-order valence-electron chi connectivity index (χ3n) is 3.16. The molecule has 0 aliphatic carbocycles. The van der Waals surface area contributed by atoms with Gasteiger partial charge in [-0.05, 0) is 51.0 Å². The monoisotopic (exact) mass is 279 g/mol. The minimum atomic E-state index is -0.975. The van der Waals surface area contributed by atoms with E-state index in [2.05, 4.69) is 5.32 Å². The second-order valence-electron chi connectivity index (χ2n) is 5.36. The van der Waals surface area contributed by atoms with Gasteiger partial charge < -0.3 is 15.2 Å². The van der Waals surface area contributed by atoms with Crippen molar-refractivity contribution < 1.29 is 19.4 Å². The van der Waals surface area contributed by atoms with Crippen molar-refractivity contribution in [2.75, 3.05) is 6.61 Å². The van der Waals surface area contributed by atoms with Crippen molar-refractivity contribution in [2.24, 2.45) is 0 Å². The van der Waals surface area contributed by atoms with E-state index in [0.717, 1.165) is 6.42 Å². The Morgan fingerprint density at radius 1 is 1.35 bits per heavy atom. The lowest BCUT2D eigenvalue weighted by Gasteiger charge is -2.24. The van der Waals surface area contributed by atoms with Crippen LogP contribution in [0.15, 0.2) is 18.2 Å². The Kier molecular flexibility index (Phi) is 5.13. The van der Waals surface area contributed by atoms with Crippen LogP contribution < -0.4 is 10.1 Å². The van der Waals surface area contributed by atoms with Gasteiger partial charge in [0.1, 0.15) is 5.75 Å². The van der Waals surface area contributed by atoms with Gasteiger partial charge in [0.05, 0.1) is 5.56 Å². The molecule has 0 bridgehead atoms. The topological polar surface area (TPSA) is 75.6 Å². The molecule has 110 valence electrons. The maximum Gasteiger partial charge on any atom is 0.335 e. The number of carbonyl (C=O) groups excluding carboxylic acids is 1. The number of ether oxygens (including phenoxy) is 1. The molecule has 5 heteroatoms. The van der Waals surface area contributed by atoms with Crippen molar-refractivity contribution in [1.82, 2.24) is 5.32 Å². The van der Waals surface area contributed by atoms with Crippen LogP contribution in [0.25, 0.3) is 0 Å². The van der Waals surface area contributed by atoms with Gasteiger partial charge in [-0.15, -0.1) is 0 Å². The summed E-state index contributed by atoms with van der Waals surface area (Å²) in [6, 6.07) is 4.64. The van der Waals surface area contributed by atoms with Crippen molar-refractivity contribution in [2.45, 2.75) is 39.7 Å². The van der Waals surface area contributed by atoms with E-state index in [4.69, 9.17) is 9.84 Å². The SMILES string of the molecule is CCC(C)(C)NC(=O)COc1ccc(C(=O)O)c(C)c1. The first-order valence-electron chi connectivity index (χ1n) is 6.53. The Balaban J connectivity index is 2.60. The van der Waals surface area contributed by atoms with Gasteiger partial charge in [0.2, 0.25) is 0 Å². The number of carboxylic acids is 1. The van der Waals surface area contributed by atoms with Crippen molar-refractivity contribution in [3.8, 4) is 5.75 Å². The highest BCUT2D eigenvalue weighted by Gasteiger charge is 2.18. The standard InChI is InChI=1S/C15H21NO4/c1-5-15(3,4)16-13(17)9-20-11-6-7-12(14(18)19)10(2)8-11/h6-8H,5,9H2,1-4H3,(H,16,17)(H,18,19). The van der Waals surface area contributed by atoms with Crippen molar-refractivity contribution in [1.29, 1.82) is 0 Å². The summed E-state index contributed by atoms with van der Waals surface area (Å²) in [6.07, 6.45) is 0.825. The second kappa shape index (κ2) is 6.41. The smallest absolute Gasteiger partial charge is 0.335 e. The molecule has 20 heavy (non-hydrogen) atoms. The van der Waals surface area contributed by atoms with Crippen LogP contribution in [-0.4, -0.2) is 29.1 Å². The van der Waals surface area contributed by atoms with E-state index in [0.29, 0.717) is 11.3 Å². The summed E-state index contributed by atoms with van der Waals surface area (Å²) in [7, 11) is 0. The molecular formula is C15H21NO4. The largest absolute Gasteiger partial charge is 0.484 e. The van der Waals surface area contributed by atoms with Gasteiger partial charge in [-0.2, -0.15) is 0 Å². The Hall–Kier alpha value is -2.04. The van der Waals surface area contributed by atoms with Crippen LogP contribution in [0.1, 0.15) is 43.1 Å². The maximum atomic E-state index is 11.7. The number of hydrogen-bond donors (Lipinski definition) is 2. The molecule has 2 N–H and O–H groups in total. The number of aryl methyl sites for hydroxylation is 1. The van der Waals surface area contributed by atoms with Gasteiger partial charge in [-0.1, -0.05) is 6.92 Å². The van der Waals surface area contributed by atoms with Gasteiger partial charge in [-0.3, -0.25) is 4.79 Å². The Bertz CT molecular complexity index is 509. The zero-order valence-corrected chi connectivity index (χ0v) is 12.3. The first kappa shape index (κ1) is 16.0. The molecule has 0 heterocycles. The third-order valence-corrected chi connectivity index (χ3v) is 3.16. The van der Waals surface area contributed by atoms with E-state index in [1.54, 1.807) is 19.1 Å².